The normalized spacial score (nSPS) is 12.7. The van der Waals surface area contributed by atoms with E-state index in [4.69, 9.17) is 16.0 Å². The van der Waals surface area contributed by atoms with E-state index >= 15 is 0 Å². The Morgan fingerprint density at radius 3 is 2.37 bits per heavy atom. The predicted molar refractivity (Wildman–Crippen MR) is 79.9 cm³/mol. The van der Waals surface area contributed by atoms with E-state index in [1.165, 1.54) is 11.1 Å². The van der Waals surface area contributed by atoms with Crippen LogP contribution in [0, 0.1) is 20.8 Å². The highest BCUT2D eigenvalue weighted by Gasteiger charge is 2.20. The van der Waals surface area contributed by atoms with Crippen LogP contribution in [-0.2, 0) is 6.42 Å². The summed E-state index contributed by atoms with van der Waals surface area (Å²) < 4.78 is 5.72. The van der Waals surface area contributed by atoms with Gasteiger partial charge in [0.05, 0.1) is 0 Å². The molecule has 0 aliphatic rings. The van der Waals surface area contributed by atoms with Crippen molar-refractivity contribution in [1.82, 2.24) is 5.32 Å². The van der Waals surface area contributed by atoms with Crippen molar-refractivity contribution in [3.63, 3.8) is 0 Å². The van der Waals surface area contributed by atoms with Crippen LogP contribution in [-0.4, -0.2) is 7.05 Å². The molecule has 1 aromatic heterocycles. The van der Waals surface area contributed by atoms with Gasteiger partial charge in [0.15, 0.2) is 0 Å². The average Bonchev–Trinajstić information content (AvgIpc) is 2.63. The van der Waals surface area contributed by atoms with Crippen LogP contribution in [0.4, 0.5) is 0 Å². The van der Waals surface area contributed by atoms with Gasteiger partial charge >= 0.3 is 0 Å². The fourth-order valence-corrected chi connectivity index (χ4v) is 2.77. The minimum Gasteiger partial charge on any atom is -0.466 e. The van der Waals surface area contributed by atoms with Crippen LogP contribution < -0.4 is 5.32 Å². The zero-order chi connectivity index (χ0) is 14.0. The molecular formula is C16H20ClNO. The second-order valence-electron chi connectivity index (χ2n) is 4.89. The monoisotopic (exact) mass is 277 g/mol. The summed E-state index contributed by atoms with van der Waals surface area (Å²) in [7, 11) is 1.97. The molecule has 2 aromatic rings. The van der Waals surface area contributed by atoms with Crippen molar-refractivity contribution >= 4 is 11.6 Å². The Bertz CT molecular complexity index is 574. The fourth-order valence-electron chi connectivity index (χ4n) is 2.55. The van der Waals surface area contributed by atoms with E-state index in [1.807, 2.05) is 39.1 Å². The van der Waals surface area contributed by atoms with Gasteiger partial charge < -0.3 is 9.73 Å². The summed E-state index contributed by atoms with van der Waals surface area (Å²) in [6.45, 7) is 6.14. The quantitative estimate of drug-likeness (QED) is 0.898. The lowest BCUT2D eigenvalue weighted by molar-refractivity contribution is 0.489. The van der Waals surface area contributed by atoms with Crippen LogP contribution in [0.25, 0.3) is 0 Å². The maximum Gasteiger partial charge on any atom is 0.106 e. The number of benzene rings is 1. The van der Waals surface area contributed by atoms with Gasteiger partial charge in [0.25, 0.3) is 0 Å². The van der Waals surface area contributed by atoms with Gasteiger partial charge in [-0.25, -0.2) is 0 Å². The number of hydrogen-bond acceptors (Lipinski definition) is 2. The van der Waals surface area contributed by atoms with Crippen LogP contribution >= 0.6 is 11.6 Å². The summed E-state index contributed by atoms with van der Waals surface area (Å²) in [6, 6.07) is 8.21. The first kappa shape index (κ1) is 14.2. The molecular weight excluding hydrogens is 258 g/mol. The Morgan fingerprint density at radius 2 is 1.84 bits per heavy atom. The highest BCUT2D eigenvalue weighted by molar-refractivity contribution is 6.31. The van der Waals surface area contributed by atoms with Crippen LogP contribution in [0.5, 0.6) is 0 Å². The summed E-state index contributed by atoms with van der Waals surface area (Å²) in [4.78, 5) is 0. The van der Waals surface area contributed by atoms with E-state index < -0.39 is 0 Å². The Hall–Kier alpha value is -1.25. The summed E-state index contributed by atoms with van der Waals surface area (Å²) in [6.07, 6.45) is 0.858. The Morgan fingerprint density at radius 1 is 1.16 bits per heavy atom. The molecule has 2 nitrogen and oxygen atoms in total. The van der Waals surface area contributed by atoms with Crippen molar-refractivity contribution in [3.05, 3.63) is 57.5 Å². The second kappa shape index (κ2) is 5.81. The van der Waals surface area contributed by atoms with Crippen molar-refractivity contribution in [2.24, 2.45) is 0 Å². The molecule has 102 valence electrons. The number of furan rings is 1. The summed E-state index contributed by atoms with van der Waals surface area (Å²) in [5, 5.41) is 4.19. The predicted octanol–water partition coefficient (Wildman–Crippen LogP) is 4.36. The molecule has 0 aliphatic carbocycles. The molecule has 1 unspecified atom stereocenters. The first-order valence-corrected chi connectivity index (χ1v) is 6.89. The second-order valence-corrected chi connectivity index (χ2v) is 5.30. The molecule has 0 aliphatic heterocycles. The van der Waals surface area contributed by atoms with Gasteiger partial charge in [-0.05, 0) is 51.4 Å². The number of nitrogens with one attached hydrogen (secondary N) is 1. The summed E-state index contributed by atoms with van der Waals surface area (Å²) >= 11 is 6.25. The lowest BCUT2D eigenvalue weighted by Gasteiger charge is -2.18. The largest absolute Gasteiger partial charge is 0.466 e. The molecule has 0 saturated carbocycles. The van der Waals surface area contributed by atoms with Gasteiger partial charge in [-0.15, -0.1) is 0 Å². The van der Waals surface area contributed by atoms with E-state index in [0.29, 0.717) is 0 Å². The first-order chi connectivity index (χ1) is 9.04. The van der Waals surface area contributed by atoms with Crippen LogP contribution in [0.2, 0.25) is 5.02 Å². The van der Waals surface area contributed by atoms with Gasteiger partial charge in [-0.2, -0.15) is 0 Å². The van der Waals surface area contributed by atoms with Crippen molar-refractivity contribution in [2.45, 2.75) is 33.2 Å². The van der Waals surface area contributed by atoms with Gasteiger partial charge in [-0.1, -0.05) is 29.8 Å². The molecule has 0 amide bonds. The summed E-state index contributed by atoms with van der Waals surface area (Å²) in [5.74, 6) is 1.98. The molecule has 1 atom stereocenters. The first-order valence-electron chi connectivity index (χ1n) is 6.51. The Labute approximate surface area is 119 Å². The lowest BCUT2D eigenvalue weighted by atomic mass is 9.96. The molecule has 1 N–H and O–H groups in total. The topological polar surface area (TPSA) is 25.2 Å². The maximum atomic E-state index is 6.25. The highest BCUT2D eigenvalue weighted by atomic mass is 35.5. The zero-order valence-electron chi connectivity index (χ0n) is 11.9. The molecule has 0 bridgehead atoms. The molecule has 2 rings (SSSR count). The van der Waals surface area contributed by atoms with Gasteiger partial charge in [-0.3, -0.25) is 0 Å². The minimum atomic E-state index is 0.220. The maximum absolute atomic E-state index is 6.25. The SMILES string of the molecule is CNC(Cc1ccccc1Cl)c1c(C)oc(C)c1C. The molecule has 0 saturated heterocycles. The van der Waals surface area contributed by atoms with Crippen molar-refractivity contribution in [1.29, 1.82) is 0 Å². The van der Waals surface area contributed by atoms with E-state index in [-0.39, 0.29) is 6.04 Å². The number of hydrogen-bond donors (Lipinski definition) is 1. The molecule has 19 heavy (non-hydrogen) atoms. The molecule has 0 radical (unpaired) electrons. The van der Waals surface area contributed by atoms with Crippen molar-refractivity contribution < 1.29 is 4.42 Å². The van der Waals surface area contributed by atoms with Crippen LogP contribution in [0.1, 0.15) is 34.3 Å². The average molecular weight is 278 g/mol. The lowest BCUT2D eigenvalue weighted by Crippen LogP contribution is -2.20. The molecule has 1 heterocycles. The Balaban J connectivity index is 2.33. The van der Waals surface area contributed by atoms with Crippen LogP contribution in [0.15, 0.2) is 28.7 Å². The fraction of sp³-hybridized carbons (Fsp3) is 0.375. The number of halogens is 1. The van der Waals surface area contributed by atoms with Crippen LogP contribution in [0.3, 0.4) is 0 Å². The molecule has 3 heteroatoms. The van der Waals surface area contributed by atoms with Crippen molar-refractivity contribution in [2.75, 3.05) is 7.05 Å². The number of likely N-dealkylation sites (N-methyl/N-ethyl adjacent to an activating group) is 1. The van der Waals surface area contributed by atoms with E-state index in [0.717, 1.165) is 28.5 Å². The number of aryl methyl sites for hydroxylation is 2. The Kier molecular flexibility index (Phi) is 4.33. The van der Waals surface area contributed by atoms with Gasteiger partial charge in [0, 0.05) is 16.6 Å². The molecule has 1 aromatic carbocycles. The van der Waals surface area contributed by atoms with E-state index in [1.54, 1.807) is 0 Å². The van der Waals surface area contributed by atoms with E-state index in [9.17, 15) is 0 Å². The van der Waals surface area contributed by atoms with Gasteiger partial charge in [0.2, 0.25) is 0 Å². The third kappa shape index (κ3) is 2.85. The van der Waals surface area contributed by atoms with Gasteiger partial charge in [0.1, 0.15) is 11.5 Å². The highest BCUT2D eigenvalue weighted by Crippen LogP contribution is 2.30. The number of rotatable bonds is 4. The molecule has 0 fully saturated rings. The minimum absolute atomic E-state index is 0.220. The standard InChI is InChI=1S/C16H20ClNO/c1-10-11(2)19-12(3)16(10)15(18-4)9-13-7-5-6-8-14(13)17/h5-8,15,18H,9H2,1-4H3. The third-order valence-electron chi connectivity index (χ3n) is 3.70. The molecule has 0 spiro atoms. The third-order valence-corrected chi connectivity index (χ3v) is 4.07. The van der Waals surface area contributed by atoms with E-state index in [2.05, 4.69) is 18.3 Å². The smallest absolute Gasteiger partial charge is 0.106 e. The summed E-state index contributed by atoms with van der Waals surface area (Å²) in [5.41, 5.74) is 3.63. The zero-order valence-corrected chi connectivity index (χ0v) is 12.6. The van der Waals surface area contributed by atoms with Crippen molar-refractivity contribution in [3.8, 4) is 0 Å².